The Morgan fingerprint density at radius 2 is 2.23 bits per heavy atom. The lowest BCUT2D eigenvalue weighted by molar-refractivity contribution is 0.227. The van der Waals surface area contributed by atoms with E-state index in [9.17, 15) is 4.21 Å². The maximum absolute atomic E-state index is 11.5. The van der Waals surface area contributed by atoms with E-state index in [0.717, 1.165) is 18.8 Å². The smallest absolute Gasteiger partial charge is 0.0473 e. The van der Waals surface area contributed by atoms with Gasteiger partial charge in [-0.25, -0.2) is 0 Å². The first-order valence-electron chi connectivity index (χ1n) is 4.78. The van der Waals surface area contributed by atoms with Gasteiger partial charge < -0.3 is 0 Å². The molecule has 0 spiro atoms. The van der Waals surface area contributed by atoms with Crippen molar-refractivity contribution in [3.05, 3.63) is 12.2 Å². The van der Waals surface area contributed by atoms with Crippen LogP contribution in [0.4, 0.5) is 0 Å². The molecule has 1 aliphatic rings. The fourth-order valence-electron chi connectivity index (χ4n) is 1.68. The second kappa shape index (κ2) is 4.38. The van der Waals surface area contributed by atoms with E-state index in [2.05, 4.69) is 25.3 Å². The Kier molecular flexibility index (Phi) is 3.68. The van der Waals surface area contributed by atoms with Crippen molar-refractivity contribution >= 4 is 10.8 Å². The molecule has 3 unspecified atom stereocenters. The highest BCUT2D eigenvalue weighted by atomic mass is 32.2. The highest BCUT2D eigenvalue weighted by Gasteiger charge is 2.29. The Balaban J connectivity index is 2.58. The molecule has 1 saturated heterocycles. The first-order valence-corrected chi connectivity index (χ1v) is 6.16. The minimum atomic E-state index is -0.622. The Hall–Kier alpha value is -0.150. The third-order valence-electron chi connectivity index (χ3n) is 2.72. The summed E-state index contributed by atoms with van der Waals surface area (Å²) in [5.41, 5.74) is 1.19. The van der Waals surface area contributed by atoms with Crippen molar-refractivity contribution in [3.8, 4) is 0 Å². The topological polar surface area (TPSA) is 20.3 Å². The molecule has 0 radical (unpaired) electrons. The second-order valence-electron chi connectivity index (χ2n) is 3.96. The van der Waals surface area contributed by atoms with E-state index < -0.39 is 10.8 Å². The van der Waals surface area contributed by atoms with Crippen molar-refractivity contribution < 1.29 is 4.21 Å². The van der Waals surface area contributed by atoms with E-state index >= 15 is 0 Å². The van der Waals surface area contributed by atoms with Crippen molar-refractivity contribution in [1.82, 2.24) is 4.90 Å². The van der Waals surface area contributed by atoms with E-state index in [-0.39, 0.29) is 0 Å². The maximum atomic E-state index is 11.5. The lowest BCUT2D eigenvalue weighted by atomic mass is 10.2. The van der Waals surface area contributed by atoms with Gasteiger partial charge in [0.25, 0.3) is 0 Å². The molecule has 0 aromatic heterocycles. The van der Waals surface area contributed by atoms with Crippen LogP contribution in [-0.2, 0) is 10.8 Å². The lowest BCUT2D eigenvalue weighted by Crippen LogP contribution is -2.50. The molecule has 0 aromatic carbocycles. The van der Waals surface area contributed by atoms with Crippen LogP contribution in [0.25, 0.3) is 0 Å². The van der Waals surface area contributed by atoms with Gasteiger partial charge in [-0.15, -0.1) is 0 Å². The quantitative estimate of drug-likeness (QED) is 0.630. The summed E-state index contributed by atoms with van der Waals surface area (Å²) in [5.74, 6) is 0.818. The van der Waals surface area contributed by atoms with Gasteiger partial charge >= 0.3 is 0 Å². The summed E-state index contributed by atoms with van der Waals surface area (Å²) in [6.07, 6.45) is 0. The average Bonchev–Trinajstić information content (AvgIpc) is 2.06. The fourth-order valence-corrected chi connectivity index (χ4v) is 3.08. The van der Waals surface area contributed by atoms with Gasteiger partial charge in [-0.05, 0) is 20.8 Å². The van der Waals surface area contributed by atoms with Gasteiger partial charge in [0, 0.05) is 40.9 Å². The van der Waals surface area contributed by atoms with E-state index in [0.29, 0.717) is 11.3 Å². The Morgan fingerprint density at radius 3 is 2.77 bits per heavy atom. The van der Waals surface area contributed by atoms with Crippen molar-refractivity contribution in [3.63, 3.8) is 0 Å². The molecule has 0 aromatic rings. The maximum Gasteiger partial charge on any atom is 0.0473 e. The van der Waals surface area contributed by atoms with Gasteiger partial charge in [0.15, 0.2) is 0 Å². The Morgan fingerprint density at radius 1 is 1.62 bits per heavy atom. The summed E-state index contributed by atoms with van der Waals surface area (Å²) in [6, 6.07) is 0.422. The predicted molar refractivity (Wildman–Crippen MR) is 58.3 cm³/mol. The number of nitrogens with zero attached hydrogens (tertiary/aromatic N) is 1. The standard InChI is InChI=1S/C10H19NOS/c1-8(2)7-11-5-6-13(12)10(4)9(11)3/h9-10H,1,5-7H2,2-4H3. The molecule has 3 atom stereocenters. The number of hydrogen-bond donors (Lipinski definition) is 0. The van der Waals surface area contributed by atoms with Crippen LogP contribution in [0.2, 0.25) is 0 Å². The monoisotopic (exact) mass is 201 g/mol. The Bertz CT molecular complexity index is 227. The summed E-state index contributed by atoms with van der Waals surface area (Å²) in [7, 11) is -0.622. The predicted octanol–water partition coefficient (Wildman–Crippen LogP) is 1.40. The lowest BCUT2D eigenvalue weighted by Gasteiger charge is -2.37. The van der Waals surface area contributed by atoms with Crippen LogP contribution in [-0.4, -0.2) is 39.2 Å². The summed E-state index contributed by atoms with van der Waals surface area (Å²) >= 11 is 0. The van der Waals surface area contributed by atoms with Gasteiger partial charge in [-0.1, -0.05) is 12.2 Å². The summed E-state index contributed by atoms with van der Waals surface area (Å²) in [5, 5.41) is 0.299. The van der Waals surface area contributed by atoms with E-state index in [1.165, 1.54) is 5.57 Å². The average molecular weight is 201 g/mol. The molecular formula is C10H19NOS. The molecule has 1 fully saturated rings. The van der Waals surface area contributed by atoms with Crippen molar-refractivity contribution in [1.29, 1.82) is 0 Å². The summed E-state index contributed by atoms with van der Waals surface area (Å²) in [6.45, 7) is 12.1. The number of rotatable bonds is 2. The van der Waals surface area contributed by atoms with Gasteiger partial charge in [-0.2, -0.15) is 0 Å². The third-order valence-corrected chi connectivity index (χ3v) is 4.53. The van der Waals surface area contributed by atoms with Gasteiger partial charge in [0.05, 0.1) is 0 Å². The first kappa shape index (κ1) is 10.9. The van der Waals surface area contributed by atoms with Gasteiger partial charge in [0.2, 0.25) is 0 Å². The van der Waals surface area contributed by atoms with Crippen molar-refractivity contribution in [2.24, 2.45) is 0 Å². The minimum Gasteiger partial charge on any atom is -0.295 e. The van der Waals surface area contributed by atoms with E-state index in [1.54, 1.807) is 0 Å². The summed E-state index contributed by atoms with van der Waals surface area (Å²) < 4.78 is 11.5. The summed E-state index contributed by atoms with van der Waals surface area (Å²) in [4.78, 5) is 2.37. The molecule has 0 aliphatic carbocycles. The Labute approximate surface area is 83.5 Å². The molecule has 0 N–H and O–H groups in total. The molecule has 0 amide bonds. The fraction of sp³-hybridized carbons (Fsp3) is 0.800. The van der Waals surface area contributed by atoms with Gasteiger partial charge in [0.1, 0.15) is 0 Å². The molecule has 1 heterocycles. The molecule has 13 heavy (non-hydrogen) atoms. The van der Waals surface area contributed by atoms with Crippen molar-refractivity contribution in [2.75, 3.05) is 18.8 Å². The molecular weight excluding hydrogens is 182 g/mol. The molecule has 2 nitrogen and oxygen atoms in total. The third kappa shape index (κ3) is 2.64. The van der Waals surface area contributed by atoms with Crippen LogP contribution in [0.15, 0.2) is 12.2 Å². The zero-order valence-electron chi connectivity index (χ0n) is 8.75. The number of hydrogen-bond acceptors (Lipinski definition) is 2. The molecule has 3 heteroatoms. The normalized spacial score (nSPS) is 36.1. The molecule has 0 saturated carbocycles. The van der Waals surface area contributed by atoms with E-state index in [4.69, 9.17) is 0 Å². The van der Waals surface area contributed by atoms with Gasteiger partial charge in [-0.3, -0.25) is 9.11 Å². The zero-order valence-corrected chi connectivity index (χ0v) is 9.56. The zero-order chi connectivity index (χ0) is 10.0. The molecule has 76 valence electrons. The highest BCUT2D eigenvalue weighted by molar-refractivity contribution is 7.85. The van der Waals surface area contributed by atoms with Crippen LogP contribution < -0.4 is 0 Å². The van der Waals surface area contributed by atoms with Crippen LogP contribution in [0.3, 0.4) is 0 Å². The largest absolute Gasteiger partial charge is 0.295 e. The van der Waals surface area contributed by atoms with Crippen LogP contribution in [0.5, 0.6) is 0 Å². The molecule has 1 aliphatic heterocycles. The van der Waals surface area contributed by atoms with Crippen LogP contribution in [0, 0.1) is 0 Å². The van der Waals surface area contributed by atoms with Crippen molar-refractivity contribution in [2.45, 2.75) is 32.1 Å². The SMILES string of the molecule is C=C(C)CN1CCS(=O)C(C)C1C. The molecule has 0 bridgehead atoms. The highest BCUT2D eigenvalue weighted by Crippen LogP contribution is 2.16. The van der Waals surface area contributed by atoms with E-state index in [1.807, 2.05) is 6.92 Å². The second-order valence-corrected chi connectivity index (χ2v) is 5.87. The first-order chi connectivity index (χ1) is 6.02. The van der Waals surface area contributed by atoms with Crippen LogP contribution >= 0.6 is 0 Å². The van der Waals surface area contributed by atoms with Crippen LogP contribution in [0.1, 0.15) is 20.8 Å². The minimum absolute atomic E-state index is 0.299. The molecule has 1 rings (SSSR count).